The molecule has 0 spiro atoms. The molecule has 0 amide bonds. The molecule has 4 heteroatoms. The SMILES string of the molecule is CNC(=S)N(C)Cc1ccc(F)cc1. The molecule has 0 fully saturated rings. The number of hydrogen-bond donors (Lipinski definition) is 1. The maximum atomic E-state index is 12.6. The Bertz CT molecular complexity index is 310. The van der Waals surface area contributed by atoms with E-state index >= 15 is 0 Å². The van der Waals surface area contributed by atoms with Crippen molar-refractivity contribution in [1.29, 1.82) is 0 Å². The summed E-state index contributed by atoms with van der Waals surface area (Å²) in [7, 11) is 3.67. The predicted molar refractivity (Wildman–Crippen MR) is 59.5 cm³/mol. The molecule has 0 aliphatic rings. The summed E-state index contributed by atoms with van der Waals surface area (Å²) in [5.74, 6) is -0.215. The summed E-state index contributed by atoms with van der Waals surface area (Å²) in [4.78, 5) is 1.89. The second-order valence-electron chi connectivity index (χ2n) is 3.04. The van der Waals surface area contributed by atoms with Crippen molar-refractivity contribution in [2.45, 2.75) is 6.54 Å². The third kappa shape index (κ3) is 2.96. The molecule has 1 aromatic rings. The fourth-order valence-corrected chi connectivity index (χ4v) is 1.19. The van der Waals surface area contributed by atoms with Gasteiger partial charge in [0.2, 0.25) is 0 Å². The summed E-state index contributed by atoms with van der Waals surface area (Å²) in [5.41, 5.74) is 1.03. The number of rotatable bonds is 2. The summed E-state index contributed by atoms with van der Waals surface area (Å²) >= 11 is 5.04. The Hall–Kier alpha value is -1.16. The monoisotopic (exact) mass is 212 g/mol. The van der Waals surface area contributed by atoms with Crippen molar-refractivity contribution >= 4 is 17.3 Å². The zero-order valence-corrected chi connectivity index (χ0v) is 9.07. The van der Waals surface area contributed by atoms with Gasteiger partial charge in [0.25, 0.3) is 0 Å². The summed E-state index contributed by atoms with van der Waals surface area (Å²) < 4.78 is 12.6. The number of nitrogens with zero attached hydrogens (tertiary/aromatic N) is 1. The Kier molecular flexibility index (Phi) is 3.83. The Morgan fingerprint density at radius 1 is 1.43 bits per heavy atom. The predicted octanol–water partition coefficient (Wildman–Crippen LogP) is 1.76. The van der Waals surface area contributed by atoms with Crippen LogP contribution in [-0.4, -0.2) is 24.1 Å². The molecule has 1 aromatic carbocycles. The fraction of sp³-hybridized carbons (Fsp3) is 0.300. The first kappa shape index (κ1) is 10.9. The van der Waals surface area contributed by atoms with Gasteiger partial charge in [0.15, 0.2) is 5.11 Å². The minimum atomic E-state index is -0.215. The third-order valence-electron chi connectivity index (χ3n) is 1.89. The molecule has 0 heterocycles. The van der Waals surface area contributed by atoms with Gasteiger partial charge in [-0.1, -0.05) is 12.1 Å². The normalized spacial score (nSPS) is 9.64. The molecule has 0 unspecified atom stereocenters. The van der Waals surface area contributed by atoms with Crippen molar-refractivity contribution < 1.29 is 4.39 Å². The standard InChI is InChI=1S/C10H13FN2S/c1-12-10(14)13(2)7-8-3-5-9(11)6-4-8/h3-6H,7H2,1-2H3,(H,12,14). The van der Waals surface area contributed by atoms with Gasteiger partial charge in [-0.3, -0.25) is 0 Å². The summed E-state index contributed by atoms with van der Waals surface area (Å²) in [5, 5.41) is 3.55. The highest BCUT2D eigenvalue weighted by Gasteiger charge is 2.02. The molecule has 0 aliphatic carbocycles. The van der Waals surface area contributed by atoms with Crippen LogP contribution in [-0.2, 0) is 6.54 Å². The second kappa shape index (κ2) is 4.91. The first-order valence-corrected chi connectivity index (χ1v) is 4.71. The zero-order valence-electron chi connectivity index (χ0n) is 8.25. The third-order valence-corrected chi connectivity index (χ3v) is 2.41. The van der Waals surface area contributed by atoms with E-state index in [1.54, 1.807) is 19.2 Å². The van der Waals surface area contributed by atoms with Crippen LogP contribution in [0.5, 0.6) is 0 Å². The average Bonchev–Trinajstić information content (AvgIpc) is 2.20. The van der Waals surface area contributed by atoms with Crippen molar-refractivity contribution in [3.8, 4) is 0 Å². The first-order valence-electron chi connectivity index (χ1n) is 4.31. The van der Waals surface area contributed by atoms with E-state index in [0.29, 0.717) is 11.7 Å². The van der Waals surface area contributed by atoms with E-state index in [1.165, 1.54) is 12.1 Å². The maximum absolute atomic E-state index is 12.6. The highest BCUT2D eigenvalue weighted by molar-refractivity contribution is 7.80. The Labute approximate surface area is 88.7 Å². The lowest BCUT2D eigenvalue weighted by atomic mass is 10.2. The number of halogens is 1. The molecular weight excluding hydrogens is 199 g/mol. The van der Waals surface area contributed by atoms with Crippen LogP contribution in [0.15, 0.2) is 24.3 Å². The van der Waals surface area contributed by atoms with E-state index in [0.717, 1.165) is 5.56 Å². The maximum Gasteiger partial charge on any atom is 0.168 e. The summed E-state index contributed by atoms with van der Waals surface area (Å²) in [6.45, 7) is 0.681. The van der Waals surface area contributed by atoms with Crippen LogP contribution < -0.4 is 5.32 Å². The van der Waals surface area contributed by atoms with Gasteiger partial charge in [-0.05, 0) is 29.9 Å². The van der Waals surface area contributed by atoms with E-state index in [1.807, 2.05) is 11.9 Å². The van der Waals surface area contributed by atoms with Crippen molar-refractivity contribution in [1.82, 2.24) is 10.2 Å². The second-order valence-corrected chi connectivity index (χ2v) is 3.42. The topological polar surface area (TPSA) is 15.3 Å². The van der Waals surface area contributed by atoms with Crippen LogP contribution in [0.4, 0.5) is 4.39 Å². The van der Waals surface area contributed by atoms with Crippen LogP contribution in [0.3, 0.4) is 0 Å². The van der Waals surface area contributed by atoms with Crippen LogP contribution in [0.2, 0.25) is 0 Å². The number of hydrogen-bond acceptors (Lipinski definition) is 1. The molecule has 2 nitrogen and oxygen atoms in total. The van der Waals surface area contributed by atoms with E-state index in [4.69, 9.17) is 12.2 Å². The molecule has 0 bridgehead atoms. The van der Waals surface area contributed by atoms with Crippen LogP contribution >= 0.6 is 12.2 Å². The number of thiocarbonyl (C=S) groups is 1. The first-order chi connectivity index (χ1) is 6.63. The van der Waals surface area contributed by atoms with Crippen molar-refractivity contribution in [2.24, 2.45) is 0 Å². The lowest BCUT2D eigenvalue weighted by Crippen LogP contribution is -2.33. The largest absolute Gasteiger partial charge is 0.366 e. The van der Waals surface area contributed by atoms with E-state index < -0.39 is 0 Å². The molecule has 0 atom stereocenters. The molecule has 1 rings (SSSR count). The number of nitrogens with one attached hydrogen (secondary N) is 1. The Morgan fingerprint density at radius 3 is 2.50 bits per heavy atom. The molecule has 0 aliphatic heterocycles. The van der Waals surface area contributed by atoms with Gasteiger partial charge >= 0.3 is 0 Å². The van der Waals surface area contributed by atoms with Crippen molar-refractivity contribution in [2.75, 3.05) is 14.1 Å². The molecule has 0 saturated heterocycles. The van der Waals surface area contributed by atoms with Gasteiger partial charge in [-0.2, -0.15) is 0 Å². The zero-order chi connectivity index (χ0) is 10.6. The molecule has 0 aromatic heterocycles. The van der Waals surface area contributed by atoms with Crippen molar-refractivity contribution in [3.63, 3.8) is 0 Å². The van der Waals surface area contributed by atoms with E-state index in [-0.39, 0.29) is 5.82 Å². The Balaban J connectivity index is 2.60. The van der Waals surface area contributed by atoms with E-state index in [9.17, 15) is 4.39 Å². The van der Waals surface area contributed by atoms with Gasteiger partial charge in [0.05, 0.1) is 0 Å². The average molecular weight is 212 g/mol. The van der Waals surface area contributed by atoms with Crippen molar-refractivity contribution in [3.05, 3.63) is 35.6 Å². The Morgan fingerprint density at radius 2 is 2.00 bits per heavy atom. The molecule has 0 saturated carbocycles. The molecule has 1 N–H and O–H groups in total. The fourth-order valence-electron chi connectivity index (χ4n) is 1.13. The molecule has 76 valence electrons. The molecular formula is C10H13FN2S. The smallest absolute Gasteiger partial charge is 0.168 e. The van der Waals surface area contributed by atoms with Crippen LogP contribution in [0.1, 0.15) is 5.56 Å². The molecule has 14 heavy (non-hydrogen) atoms. The minimum absolute atomic E-state index is 0.215. The number of benzene rings is 1. The van der Waals surface area contributed by atoms with E-state index in [2.05, 4.69) is 5.32 Å². The quantitative estimate of drug-likeness (QED) is 0.752. The van der Waals surface area contributed by atoms with Gasteiger partial charge in [0.1, 0.15) is 5.82 Å². The van der Waals surface area contributed by atoms with Crippen LogP contribution in [0.25, 0.3) is 0 Å². The van der Waals surface area contributed by atoms with Gasteiger partial charge in [0, 0.05) is 20.6 Å². The lowest BCUT2D eigenvalue weighted by molar-refractivity contribution is 0.494. The highest BCUT2D eigenvalue weighted by Crippen LogP contribution is 2.05. The minimum Gasteiger partial charge on any atom is -0.366 e. The summed E-state index contributed by atoms with van der Waals surface area (Å²) in [6.07, 6.45) is 0. The molecule has 0 radical (unpaired) electrons. The van der Waals surface area contributed by atoms with Gasteiger partial charge < -0.3 is 10.2 Å². The summed E-state index contributed by atoms with van der Waals surface area (Å²) in [6, 6.07) is 6.41. The van der Waals surface area contributed by atoms with Gasteiger partial charge in [-0.15, -0.1) is 0 Å². The van der Waals surface area contributed by atoms with Gasteiger partial charge in [-0.25, -0.2) is 4.39 Å². The van der Waals surface area contributed by atoms with Crippen LogP contribution in [0, 0.1) is 5.82 Å². The lowest BCUT2D eigenvalue weighted by Gasteiger charge is -2.19. The highest BCUT2D eigenvalue weighted by atomic mass is 32.1.